The van der Waals surface area contributed by atoms with Crippen molar-refractivity contribution < 1.29 is 19.1 Å². The van der Waals surface area contributed by atoms with Crippen molar-refractivity contribution in [2.45, 2.75) is 6.92 Å². The number of nitrogens with one attached hydrogen (secondary N) is 1. The van der Waals surface area contributed by atoms with Gasteiger partial charge in [-0.3, -0.25) is 9.59 Å². The Balaban J connectivity index is 1.92. The summed E-state index contributed by atoms with van der Waals surface area (Å²) in [5.74, 6) is -1.25. The molecular formula is C16H15ClN2O4. The van der Waals surface area contributed by atoms with Gasteiger partial charge in [-0.15, -0.1) is 0 Å². The second-order valence-corrected chi connectivity index (χ2v) is 5.35. The Bertz CT molecular complexity index is 767. The van der Waals surface area contributed by atoms with E-state index < -0.39 is 18.5 Å². The third-order valence-electron chi connectivity index (χ3n) is 3.07. The Morgan fingerprint density at radius 2 is 2.00 bits per heavy atom. The number of aromatic nitrogens is 1. The van der Waals surface area contributed by atoms with Crippen LogP contribution >= 0.6 is 11.6 Å². The minimum absolute atomic E-state index is 0.104. The summed E-state index contributed by atoms with van der Waals surface area (Å²) in [4.78, 5) is 35.0. The van der Waals surface area contributed by atoms with Crippen molar-refractivity contribution in [3.63, 3.8) is 0 Å². The molecule has 7 heteroatoms. The normalized spacial score (nSPS) is 10.2. The van der Waals surface area contributed by atoms with Gasteiger partial charge in [0.25, 0.3) is 5.91 Å². The van der Waals surface area contributed by atoms with Crippen LogP contribution in [0.1, 0.15) is 27.8 Å². The van der Waals surface area contributed by atoms with Gasteiger partial charge in [-0.25, -0.2) is 4.79 Å². The van der Waals surface area contributed by atoms with Gasteiger partial charge in [0.1, 0.15) is 5.69 Å². The number of esters is 1. The van der Waals surface area contributed by atoms with Crippen LogP contribution in [0.2, 0.25) is 5.02 Å². The maximum Gasteiger partial charge on any atom is 0.355 e. The van der Waals surface area contributed by atoms with E-state index >= 15 is 0 Å². The first-order valence-electron chi connectivity index (χ1n) is 6.76. The molecule has 0 radical (unpaired) electrons. The van der Waals surface area contributed by atoms with Gasteiger partial charge in [-0.2, -0.15) is 0 Å². The van der Waals surface area contributed by atoms with Crippen LogP contribution in [0.15, 0.2) is 36.5 Å². The monoisotopic (exact) mass is 334 g/mol. The minimum Gasteiger partial charge on any atom is -0.451 e. The van der Waals surface area contributed by atoms with E-state index in [4.69, 9.17) is 16.3 Å². The highest BCUT2D eigenvalue weighted by atomic mass is 35.5. The summed E-state index contributed by atoms with van der Waals surface area (Å²) in [5.41, 5.74) is 1.19. The molecule has 0 aliphatic heterocycles. The van der Waals surface area contributed by atoms with E-state index in [0.717, 1.165) is 0 Å². The number of carbonyl (C=O) groups is 3. The van der Waals surface area contributed by atoms with Crippen molar-refractivity contribution in [2.24, 2.45) is 7.05 Å². The van der Waals surface area contributed by atoms with Gasteiger partial charge < -0.3 is 14.6 Å². The first-order chi connectivity index (χ1) is 10.9. The van der Waals surface area contributed by atoms with Crippen LogP contribution in [0.5, 0.6) is 0 Å². The van der Waals surface area contributed by atoms with Crippen LogP contribution in [-0.4, -0.2) is 28.8 Å². The number of hydrogen-bond donors (Lipinski definition) is 1. The summed E-state index contributed by atoms with van der Waals surface area (Å²) >= 11 is 5.78. The molecular weight excluding hydrogens is 320 g/mol. The predicted molar refractivity (Wildman–Crippen MR) is 85.8 cm³/mol. The Morgan fingerprint density at radius 3 is 2.61 bits per heavy atom. The number of rotatable bonds is 5. The fraction of sp³-hybridized carbons (Fsp3) is 0.188. The maximum atomic E-state index is 11.9. The van der Waals surface area contributed by atoms with E-state index in [1.165, 1.54) is 17.6 Å². The molecule has 0 aliphatic carbocycles. The maximum absolute atomic E-state index is 11.9. The third-order valence-corrected chi connectivity index (χ3v) is 3.27. The zero-order valence-electron chi connectivity index (χ0n) is 12.6. The van der Waals surface area contributed by atoms with Crippen LogP contribution in [-0.2, 0) is 16.6 Å². The lowest BCUT2D eigenvalue weighted by Crippen LogP contribution is -2.21. The molecule has 2 rings (SSSR count). The first kappa shape index (κ1) is 16.8. The second-order valence-electron chi connectivity index (χ2n) is 4.92. The van der Waals surface area contributed by atoms with Gasteiger partial charge in [0.05, 0.1) is 5.02 Å². The Morgan fingerprint density at radius 1 is 1.26 bits per heavy atom. The number of ketones is 1. The molecule has 1 amide bonds. The summed E-state index contributed by atoms with van der Waals surface area (Å²) in [6, 6.07) is 7.96. The van der Waals surface area contributed by atoms with Gasteiger partial charge >= 0.3 is 5.97 Å². The summed E-state index contributed by atoms with van der Waals surface area (Å²) in [5, 5.41) is 2.97. The van der Waals surface area contributed by atoms with Crippen molar-refractivity contribution in [2.75, 3.05) is 11.9 Å². The van der Waals surface area contributed by atoms with Crippen LogP contribution in [0.25, 0.3) is 0 Å². The van der Waals surface area contributed by atoms with Crippen LogP contribution in [0.3, 0.4) is 0 Å². The van der Waals surface area contributed by atoms with E-state index in [0.29, 0.717) is 16.3 Å². The van der Waals surface area contributed by atoms with E-state index in [-0.39, 0.29) is 11.5 Å². The first-order valence-corrected chi connectivity index (χ1v) is 7.14. The summed E-state index contributed by atoms with van der Waals surface area (Å²) < 4.78 is 6.45. The molecule has 1 aromatic heterocycles. The molecule has 0 aliphatic rings. The average Bonchev–Trinajstić information content (AvgIpc) is 2.84. The van der Waals surface area contributed by atoms with E-state index in [9.17, 15) is 14.4 Å². The largest absolute Gasteiger partial charge is 0.451 e. The van der Waals surface area contributed by atoms with Crippen LogP contribution < -0.4 is 5.32 Å². The molecule has 0 saturated carbocycles. The van der Waals surface area contributed by atoms with E-state index in [1.807, 2.05) is 0 Å². The number of Topliss-reactive ketones (excluding diaryl/α,β-unsaturated/α-hetero) is 1. The topological polar surface area (TPSA) is 77.4 Å². The molecule has 1 heterocycles. The lowest BCUT2D eigenvalue weighted by molar-refractivity contribution is -0.119. The number of benzene rings is 1. The number of amides is 1. The zero-order valence-corrected chi connectivity index (χ0v) is 13.4. The molecule has 0 fully saturated rings. The Kier molecular flexibility index (Phi) is 5.18. The van der Waals surface area contributed by atoms with Crippen molar-refractivity contribution in [3.8, 4) is 0 Å². The Labute approximate surface area is 138 Å². The highest BCUT2D eigenvalue weighted by molar-refractivity contribution is 6.31. The number of aryl methyl sites for hydroxylation is 1. The smallest absolute Gasteiger partial charge is 0.355 e. The SMILES string of the molecule is CC(=O)c1cccc(NC(=O)COC(=O)c2cc(Cl)cn2C)c1. The fourth-order valence-electron chi connectivity index (χ4n) is 1.95. The fourth-order valence-corrected chi connectivity index (χ4v) is 2.19. The molecule has 0 spiro atoms. The van der Waals surface area contributed by atoms with Gasteiger partial charge in [-0.1, -0.05) is 23.7 Å². The van der Waals surface area contributed by atoms with Gasteiger partial charge in [0, 0.05) is 24.5 Å². The summed E-state index contributed by atoms with van der Waals surface area (Å²) in [6.07, 6.45) is 1.56. The van der Waals surface area contributed by atoms with Crippen LogP contribution in [0.4, 0.5) is 5.69 Å². The highest BCUT2D eigenvalue weighted by Gasteiger charge is 2.14. The van der Waals surface area contributed by atoms with E-state index in [1.54, 1.807) is 37.5 Å². The quantitative estimate of drug-likeness (QED) is 0.673. The number of ether oxygens (including phenoxy) is 1. The number of carbonyl (C=O) groups excluding carboxylic acids is 3. The van der Waals surface area contributed by atoms with Gasteiger partial charge in [0.2, 0.25) is 0 Å². The lowest BCUT2D eigenvalue weighted by Gasteiger charge is -2.08. The minimum atomic E-state index is -0.646. The molecule has 1 aromatic carbocycles. The zero-order chi connectivity index (χ0) is 17.0. The lowest BCUT2D eigenvalue weighted by atomic mass is 10.1. The molecule has 6 nitrogen and oxygen atoms in total. The van der Waals surface area contributed by atoms with E-state index in [2.05, 4.69) is 5.32 Å². The second kappa shape index (κ2) is 7.11. The van der Waals surface area contributed by atoms with Crippen molar-refractivity contribution in [1.29, 1.82) is 0 Å². The molecule has 23 heavy (non-hydrogen) atoms. The molecule has 0 saturated heterocycles. The van der Waals surface area contributed by atoms with Crippen molar-refractivity contribution in [3.05, 3.63) is 52.8 Å². The van der Waals surface area contributed by atoms with Crippen LogP contribution in [0, 0.1) is 0 Å². The molecule has 2 aromatic rings. The third kappa shape index (κ3) is 4.43. The van der Waals surface area contributed by atoms with Gasteiger partial charge in [0.15, 0.2) is 12.4 Å². The standard InChI is InChI=1S/C16H15ClN2O4/c1-10(20)11-4-3-5-13(6-11)18-15(21)9-23-16(22)14-7-12(17)8-19(14)2/h3-8H,9H2,1-2H3,(H,18,21). The average molecular weight is 335 g/mol. The number of nitrogens with zero attached hydrogens (tertiary/aromatic N) is 1. The molecule has 120 valence electrons. The molecule has 0 bridgehead atoms. The predicted octanol–water partition coefficient (Wildman–Crippen LogP) is 2.68. The Hall–Kier alpha value is -2.60. The molecule has 0 unspecified atom stereocenters. The summed E-state index contributed by atoms with van der Waals surface area (Å²) in [7, 11) is 1.65. The summed E-state index contributed by atoms with van der Waals surface area (Å²) in [6.45, 7) is 1.000. The number of anilines is 1. The number of hydrogen-bond acceptors (Lipinski definition) is 4. The number of halogens is 1. The van der Waals surface area contributed by atoms with Crippen molar-refractivity contribution >= 4 is 34.9 Å². The molecule has 1 N–H and O–H groups in total. The highest BCUT2D eigenvalue weighted by Crippen LogP contribution is 2.14. The van der Waals surface area contributed by atoms with Gasteiger partial charge in [-0.05, 0) is 25.1 Å². The van der Waals surface area contributed by atoms with Crippen molar-refractivity contribution in [1.82, 2.24) is 4.57 Å². The molecule has 0 atom stereocenters.